The van der Waals surface area contributed by atoms with E-state index in [1.54, 1.807) is 13.1 Å². The first kappa shape index (κ1) is 9.89. The number of nitrogens with one attached hydrogen (secondary N) is 3. The molecule has 0 radical (unpaired) electrons. The maximum absolute atomic E-state index is 11.8. The highest BCUT2D eigenvalue weighted by Crippen LogP contribution is 2.30. The fourth-order valence-electron chi connectivity index (χ4n) is 2.22. The summed E-state index contributed by atoms with van der Waals surface area (Å²) in [5.74, 6) is -0.327. The molecule has 1 aromatic heterocycles. The maximum Gasteiger partial charge on any atom is 0.322 e. The Bertz CT molecular complexity index is 631. The molecule has 5 nitrogen and oxygen atoms in total. The number of benzene rings is 1. The lowest BCUT2D eigenvalue weighted by atomic mass is 9.92. The molecule has 0 spiro atoms. The van der Waals surface area contributed by atoms with E-state index < -0.39 is 11.6 Å². The van der Waals surface area contributed by atoms with E-state index >= 15 is 0 Å². The molecule has 0 aliphatic carbocycles. The summed E-state index contributed by atoms with van der Waals surface area (Å²) >= 11 is 0. The number of carbonyl (C=O) groups is 2. The van der Waals surface area contributed by atoms with Gasteiger partial charge in [0.25, 0.3) is 5.91 Å². The number of amides is 3. The molecule has 86 valence electrons. The van der Waals surface area contributed by atoms with Crippen LogP contribution in [-0.2, 0) is 10.3 Å². The number of rotatable bonds is 1. The number of para-hydroxylation sites is 1. The van der Waals surface area contributed by atoms with Gasteiger partial charge in [0, 0.05) is 22.7 Å². The van der Waals surface area contributed by atoms with Crippen LogP contribution in [0.1, 0.15) is 12.5 Å². The van der Waals surface area contributed by atoms with E-state index in [0.29, 0.717) is 0 Å². The van der Waals surface area contributed by atoms with Crippen molar-refractivity contribution >= 4 is 22.8 Å². The number of aromatic amines is 1. The molecule has 1 atom stereocenters. The molecule has 1 aromatic carbocycles. The Balaban J connectivity index is 2.22. The third-order valence-corrected chi connectivity index (χ3v) is 3.17. The summed E-state index contributed by atoms with van der Waals surface area (Å²) in [4.78, 5) is 26.2. The molecule has 1 aliphatic rings. The van der Waals surface area contributed by atoms with Crippen LogP contribution in [0.5, 0.6) is 0 Å². The van der Waals surface area contributed by atoms with Gasteiger partial charge in [0.15, 0.2) is 0 Å². The van der Waals surface area contributed by atoms with Gasteiger partial charge in [-0.2, -0.15) is 0 Å². The first-order valence-electron chi connectivity index (χ1n) is 5.31. The van der Waals surface area contributed by atoms with Crippen LogP contribution < -0.4 is 10.6 Å². The van der Waals surface area contributed by atoms with Crippen LogP contribution in [0, 0.1) is 0 Å². The van der Waals surface area contributed by atoms with E-state index in [9.17, 15) is 9.59 Å². The second-order valence-electron chi connectivity index (χ2n) is 4.28. The van der Waals surface area contributed by atoms with Crippen molar-refractivity contribution in [1.82, 2.24) is 15.6 Å². The number of urea groups is 1. The van der Waals surface area contributed by atoms with Crippen LogP contribution in [0.3, 0.4) is 0 Å². The Morgan fingerprint density at radius 2 is 1.94 bits per heavy atom. The molecule has 1 fully saturated rings. The van der Waals surface area contributed by atoms with Crippen molar-refractivity contribution in [2.45, 2.75) is 12.5 Å². The van der Waals surface area contributed by atoms with Crippen molar-refractivity contribution in [2.24, 2.45) is 0 Å². The zero-order valence-electron chi connectivity index (χ0n) is 9.20. The van der Waals surface area contributed by atoms with E-state index in [-0.39, 0.29) is 5.91 Å². The Hall–Kier alpha value is -2.30. The van der Waals surface area contributed by atoms with E-state index in [1.165, 1.54) is 0 Å². The van der Waals surface area contributed by atoms with Gasteiger partial charge in [0.2, 0.25) is 0 Å². The normalized spacial score (nSPS) is 23.8. The second-order valence-corrected chi connectivity index (χ2v) is 4.28. The van der Waals surface area contributed by atoms with Crippen molar-refractivity contribution in [3.8, 4) is 0 Å². The largest absolute Gasteiger partial charge is 0.361 e. The molecule has 1 aliphatic heterocycles. The van der Waals surface area contributed by atoms with Gasteiger partial charge in [-0.3, -0.25) is 10.1 Å². The van der Waals surface area contributed by atoms with Crippen LogP contribution in [0.15, 0.2) is 30.5 Å². The average molecular weight is 229 g/mol. The van der Waals surface area contributed by atoms with Crippen molar-refractivity contribution in [3.63, 3.8) is 0 Å². The highest BCUT2D eigenvalue weighted by atomic mass is 16.2. The molecule has 2 heterocycles. The van der Waals surface area contributed by atoms with Crippen LogP contribution in [0.2, 0.25) is 0 Å². The summed E-state index contributed by atoms with van der Waals surface area (Å²) in [5.41, 5.74) is 0.713. The zero-order chi connectivity index (χ0) is 12.0. The predicted octanol–water partition coefficient (Wildman–Crippen LogP) is 1.22. The Labute approximate surface area is 97.2 Å². The van der Waals surface area contributed by atoms with Gasteiger partial charge < -0.3 is 10.3 Å². The molecule has 5 heteroatoms. The zero-order valence-corrected chi connectivity index (χ0v) is 9.20. The number of aromatic nitrogens is 1. The molecular weight excluding hydrogens is 218 g/mol. The minimum atomic E-state index is -1.00. The van der Waals surface area contributed by atoms with E-state index in [0.717, 1.165) is 16.5 Å². The fraction of sp³-hybridized carbons (Fsp3) is 0.167. The molecule has 3 N–H and O–H groups in total. The highest BCUT2D eigenvalue weighted by molar-refractivity contribution is 6.09. The smallest absolute Gasteiger partial charge is 0.322 e. The van der Waals surface area contributed by atoms with Crippen LogP contribution in [0.25, 0.3) is 10.9 Å². The van der Waals surface area contributed by atoms with Crippen molar-refractivity contribution in [2.75, 3.05) is 0 Å². The fourth-order valence-corrected chi connectivity index (χ4v) is 2.22. The maximum atomic E-state index is 11.8. The molecule has 0 saturated carbocycles. The van der Waals surface area contributed by atoms with Crippen molar-refractivity contribution in [1.29, 1.82) is 0 Å². The van der Waals surface area contributed by atoms with Gasteiger partial charge in [-0.05, 0) is 13.0 Å². The van der Waals surface area contributed by atoms with E-state index in [2.05, 4.69) is 15.6 Å². The predicted molar refractivity (Wildman–Crippen MR) is 62.3 cm³/mol. The van der Waals surface area contributed by atoms with Crippen molar-refractivity contribution in [3.05, 3.63) is 36.0 Å². The standard InChI is InChI=1S/C12H11N3O2/c1-12(10(16)14-11(17)15-12)8-6-13-9-5-3-2-4-7(8)9/h2-6,13H,1H3,(H2,14,15,16,17)/t12-/m0/s1. The summed E-state index contributed by atoms with van der Waals surface area (Å²) in [6, 6.07) is 7.21. The number of hydrogen-bond acceptors (Lipinski definition) is 2. The first-order chi connectivity index (χ1) is 8.11. The molecule has 3 amide bonds. The van der Waals surface area contributed by atoms with Gasteiger partial charge in [-0.25, -0.2) is 4.79 Å². The summed E-state index contributed by atoms with van der Waals surface area (Å²) in [7, 11) is 0. The molecule has 17 heavy (non-hydrogen) atoms. The summed E-state index contributed by atoms with van der Waals surface area (Å²) in [6.07, 6.45) is 1.76. The van der Waals surface area contributed by atoms with Gasteiger partial charge in [-0.1, -0.05) is 18.2 Å². The Morgan fingerprint density at radius 1 is 1.18 bits per heavy atom. The first-order valence-corrected chi connectivity index (χ1v) is 5.31. The van der Waals surface area contributed by atoms with Gasteiger partial charge in [-0.15, -0.1) is 0 Å². The minimum absolute atomic E-state index is 0.327. The van der Waals surface area contributed by atoms with Gasteiger partial charge >= 0.3 is 6.03 Å². The molecular formula is C12H11N3O2. The van der Waals surface area contributed by atoms with Gasteiger partial charge in [0.05, 0.1) is 0 Å². The molecule has 1 saturated heterocycles. The van der Waals surface area contributed by atoms with Crippen LogP contribution in [0.4, 0.5) is 4.79 Å². The number of fused-ring (bicyclic) bond motifs is 1. The monoisotopic (exact) mass is 229 g/mol. The lowest BCUT2D eigenvalue weighted by Gasteiger charge is -2.19. The molecule has 2 aromatic rings. The lowest BCUT2D eigenvalue weighted by Crippen LogP contribution is -2.40. The summed E-state index contributed by atoms with van der Waals surface area (Å²) in [6.45, 7) is 1.70. The number of imide groups is 1. The average Bonchev–Trinajstić information content (AvgIpc) is 2.81. The SMILES string of the molecule is C[C@@]1(c2c[nH]c3ccccc23)NC(=O)NC1=O. The quantitative estimate of drug-likeness (QED) is 0.643. The second kappa shape index (κ2) is 3.10. The number of H-pyrrole nitrogens is 1. The van der Waals surface area contributed by atoms with Crippen LogP contribution in [-0.4, -0.2) is 16.9 Å². The van der Waals surface area contributed by atoms with E-state index in [4.69, 9.17) is 0 Å². The lowest BCUT2D eigenvalue weighted by molar-refractivity contribution is -0.123. The number of hydrogen-bond donors (Lipinski definition) is 3. The molecule has 3 rings (SSSR count). The minimum Gasteiger partial charge on any atom is -0.361 e. The molecule has 0 unspecified atom stereocenters. The Kier molecular flexibility index (Phi) is 1.80. The number of carbonyl (C=O) groups excluding carboxylic acids is 2. The summed E-state index contributed by atoms with van der Waals surface area (Å²) < 4.78 is 0. The summed E-state index contributed by atoms with van der Waals surface area (Å²) in [5, 5.41) is 5.85. The third kappa shape index (κ3) is 1.25. The highest BCUT2D eigenvalue weighted by Gasteiger charge is 2.44. The molecule has 0 bridgehead atoms. The Morgan fingerprint density at radius 3 is 2.65 bits per heavy atom. The van der Waals surface area contributed by atoms with Gasteiger partial charge in [0.1, 0.15) is 5.54 Å². The third-order valence-electron chi connectivity index (χ3n) is 3.17. The van der Waals surface area contributed by atoms with Crippen molar-refractivity contribution < 1.29 is 9.59 Å². The van der Waals surface area contributed by atoms with E-state index in [1.807, 2.05) is 24.3 Å². The topological polar surface area (TPSA) is 74.0 Å². The van der Waals surface area contributed by atoms with Crippen LogP contribution >= 0.6 is 0 Å².